The van der Waals surface area contributed by atoms with Gasteiger partial charge >= 0.3 is 0 Å². The molecule has 0 spiro atoms. The second-order valence-electron chi connectivity index (χ2n) is 6.77. The monoisotopic (exact) mass is 480 g/mol. The predicted molar refractivity (Wildman–Crippen MR) is 120 cm³/mol. The van der Waals surface area contributed by atoms with Crippen molar-refractivity contribution in [3.63, 3.8) is 0 Å². The van der Waals surface area contributed by atoms with Crippen LogP contribution in [0, 0.1) is 10.1 Å². The van der Waals surface area contributed by atoms with E-state index in [1.54, 1.807) is 19.2 Å². The highest BCUT2D eigenvalue weighted by Crippen LogP contribution is 2.36. The molecule has 0 atom stereocenters. The Morgan fingerprint density at radius 2 is 1.83 bits per heavy atom. The number of nitrogens with zero attached hydrogens (tertiary/aromatic N) is 1. The average Bonchev–Trinajstić information content (AvgIpc) is 2.75. The molecule has 2 aromatic rings. The van der Waals surface area contributed by atoms with Gasteiger partial charge in [-0.05, 0) is 49.2 Å². The minimum Gasteiger partial charge on any atom is -0.493 e. The highest BCUT2D eigenvalue weighted by molar-refractivity contribution is 9.10. The highest BCUT2D eigenvalue weighted by Gasteiger charge is 2.15. The third-order valence-corrected chi connectivity index (χ3v) is 5.25. The molecule has 164 valence electrons. The molecule has 0 heterocycles. The van der Waals surface area contributed by atoms with Crippen LogP contribution in [0.3, 0.4) is 0 Å². The van der Waals surface area contributed by atoms with E-state index in [9.17, 15) is 10.1 Å². The number of halogens is 1. The van der Waals surface area contributed by atoms with Gasteiger partial charge in [0.1, 0.15) is 6.61 Å². The van der Waals surface area contributed by atoms with Crippen molar-refractivity contribution in [2.24, 2.45) is 0 Å². The molecule has 1 N–H and O–H groups in total. The summed E-state index contributed by atoms with van der Waals surface area (Å²) in [4.78, 5) is 10.4. The van der Waals surface area contributed by atoms with Crippen LogP contribution in [0.25, 0.3) is 0 Å². The van der Waals surface area contributed by atoms with E-state index < -0.39 is 4.92 Å². The zero-order valence-corrected chi connectivity index (χ0v) is 19.1. The zero-order chi connectivity index (χ0) is 21.8. The fourth-order valence-electron chi connectivity index (χ4n) is 2.80. The zero-order valence-electron chi connectivity index (χ0n) is 17.5. The number of unbranched alkanes of at least 4 members (excludes halogenated alkanes) is 1. The van der Waals surface area contributed by atoms with Gasteiger partial charge in [0.2, 0.25) is 0 Å². The molecule has 0 unspecified atom stereocenters. The first-order chi connectivity index (χ1) is 14.6. The van der Waals surface area contributed by atoms with Gasteiger partial charge in [0.15, 0.2) is 11.5 Å². The number of nitrogens with one attached hydrogen (secondary N) is 1. The summed E-state index contributed by atoms with van der Waals surface area (Å²) < 4.78 is 18.0. The Morgan fingerprint density at radius 3 is 2.50 bits per heavy atom. The van der Waals surface area contributed by atoms with Gasteiger partial charge in [0, 0.05) is 41.9 Å². The van der Waals surface area contributed by atoms with Crippen molar-refractivity contribution < 1.29 is 19.1 Å². The first kappa shape index (κ1) is 24.1. The molecule has 0 radical (unpaired) electrons. The summed E-state index contributed by atoms with van der Waals surface area (Å²) in [7, 11) is 1.60. The topological polar surface area (TPSA) is 82.9 Å². The molecule has 0 aromatic heterocycles. The fourth-order valence-corrected chi connectivity index (χ4v) is 3.25. The number of nitro groups is 1. The molecule has 30 heavy (non-hydrogen) atoms. The quantitative estimate of drug-likeness (QED) is 0.226. The standard InChI is InChI=1S/C22H29BrN2O5/c1-3-4-13-29-14-5-12-24-15-19-20(23)10-11-21(28-2)22(19)30-16-17-6-8-18(9-7-17)25(26)27/h6-11,24H,3-5,12-16H2,1-2H3. The molecular weight excluding hydrogens is 452 g/mol. The number of ether oxygens (including phenoxy) is 3. The Balaban J connectivity index is 1.96. The number of hydrogen-bond acceptors (Lipinski definition) is 6. The summed E-state index contributed by atoms with van der Waals surface area (Å²) in [6.45, 7) is 5.44. The van der Waals surface area contributed by atoms with E-state index in [1.807, 2.05) is 12.1 Å². The van der Waals surface area contributed by atoms with Crippen LogP contribution in [0.1, 0.15) is 37.3 Å². The second kappa shape index (κ2) is 13.2. The maximum atomic E-state index is 10.8. The van der Waals surface area contributed by atoms with E-state index in [4.69, 9.17) is 14.2 Å². The number of non-ortho nitro benzene ring substituents is 1. The average molecular weight is 481 g/mol. The van der Waals surface area contributed by atoms with Gasteiger partial charge in [-0.15, -0.1) is 0 Å². The number of methoxy groups -OCH3 is 1. The van der Waals surface area contributed by atoms with E-state index in [2.05, 4.69) is 28.2 Å². The summed E-state index contributed by atoms with van der Waals surface area (Å²) in [6.07, 6.45) is 3.18. The van der Waals surface area contributed by atoms with Gasteiger partial charge in [-0.2, -0.15) is 0 Å². The molecule has 7 nitrogen and oxygen atoms in total. The molecule has 0 bridgehead atoms. The van der Waals surface area contributed by atoms with E-state index in [-0.39, 0.29) is 12.3 Å². The molecular formula is C22H29BrN2O5. The maximum Gasteiger partial charge on any atom is 0.269 e. The number of nitro benzene ring substituents is 1. The van der Waals surface area contributed by atoms with Crippen LogP contribution in [0.5, 0.6) is 11.5 Å². The Labute approximate surface area is 186 Å². The van der Waals surface area contributed by atoms with Crippen molar-refractivity contribution in [2.75, 3.05) is 26.9 Å². The summed E-state index contributed by atoms with van der Waals surface area (Å²) in [5.41, 5.74) is 1.86. The van der Waals surface area contributed by atoms with Crippen LogP contribution in [-0.2, 0) is 17.9 Å². The minimum atomic E-state index is -0.416. The van der Waals surface area contributed by atoms with Gasteiger partial charge in [0.25, 0.3) is 5.69 Å². The van der Waals surface area contributed by atoms with Gasteiger partial charge in [-0.3, -0.25) is 10.1 Å². The third-order valence-electron chi connectivity index (χ3n) is 4.50. The first-order valence-corrected chi connectivity index (χ1v) is 10.9. The first-order valence-electron chi connectivity index (χ1n) is 10.1. The van der Waals surface area contributed by atoms with Gasteiger partial charge in [-0.25, -0.2) is 0 Å². The van der Waals surface area contributed by atoms with Gasteiger partial charge in [-0.1, -0.05) is 29.3 Å². The molecule has 0 aliphatic carbocycles. The molecule has 0 fully saturated rings. The van der Waals surface area contributed by atoms with E-state index in [1.165, 1.54) is 12.1 Å². The Morgan fingerprint density at radius 1 is 1.10 bits per heavy atom. The van der Waals surface area contributed by atoms with Crippen molar-refractivity contribution >= 4 is 21.6 Å². The Hall–Kier alpha value is -2.16. The fraction of sp³-hybridized carbons (Fsp3) is 0.455. The second-order valence-corrected chi connectivity index (χ2v) is 7.62. The number of rotatable bonds is 14. The van der Waals surface area contributed by atoms with Crippen molar-refractivity contribution in [3.05, 3.63) is 62.1 Å². The molecule has 0 saturated carbocycles. The number of hydrogen-bond donors (Lipinski definition) is 1. The molecule has 0 aliphatic heterocycles. The molecule has 0 amide bonds. The van der Waals surface area contributed by atoms with E-state index >= 15 is 0 Å². The third kappa shape index (κ3) is 7.59. The van der Waals surface area contributed by atoms with Crippen LogP contribution < -0.4 is 14.8 Å². The summed E-state index contributed by atoms with van der Waals surface area (Å²) >= 11 is 3.60. The summed E-state index contributed by atoms with van der Waals surface area (Å²) in [5.74, 6) is 1.29. The lowest BCUT2D eigenvalue weighted by atomic mass is 10.1. The van der Waals surface area contributed by atoms with Crippen LogP contribution in [-0.4, -0.2) is 31.8 Å². The Bertz CT molecular complexity index is 799. The van der Waals surface area contributed by atoms with E-state index in [0.29, 0.717) is 18.0 Å². The normalized spacial score (nSPS) is 10.8. The van der Waals surface area contributed by atoms with Crippen LogP contribution in [0.2, 0.25) is 0 Å². The molecule has 0 aliphatic rings. The minimum absolute atomic E-state index is 0.0577. The smallest absolute Gasteiger partial charge is 0.269 e. The van der Waals surface area contributed by atoms with Crippen LogP contribution >= 0.6 is 15.9 Å². The lowest BCUT2D eigenvalue weighted by Gasteiger charge is -2.17. The largest absolute Gasteiger partial charge is 0.493 e. The summed E-state index contributed by atoms with van der Waals surface area (Å²) in [6, 6.07) is 10.1. The van der Waals surface area contributed by atoms with Gasteiger partial charge < -0.3 is 19.5 Å². The van der Waals surface area contributed by atoms with Gasteiger partial charge in [0.05, 0.1) is 12.0 Å². The predicted octanol–water partition coefficient (Wildman–Crippen LogP) is 5.24. The molecule has 2 rings (SSSR count). The van der Waals surface area contributed by atoms with E-state index in [0.717, 1.165) is 54.6 Å². The van der Waals surface area contributed by atoms with Crippen molar-refractivity contribution in [2.45, 2.75) is 39.3 Å². The van der Waals surface area contributed by atoms with Crippen molar-refractivity contribution in [1.82, 2.24) is 5.32 Å². The maximum absolute atomic E-state index is 10.8. The molecule has 0 saturated heterocycles. The van der Waals surface area contributed by atoms with Crippen molar-refractivity contribution in [3.8, 4) is 11.5 Å². The number of benzene rings is 2. The highest BCUT2D eigenvalue weighted by atomic mass is 79.9. The van der Waals surface area contributed by atoms with Crippen LogP contribution in [0.15, 0.2) is 40.9 Å². The Kier molecular flexibility index (Phi) is 10.6. The lowest BCUT2D eigenvalue weighted by Crippen LogP contribution is -2.18. The summed E-state index contributed by atoms with van der Waals surface area (Å²) in [5, 5.41) is 14.2. The van der Waals surface area contributed by atoms with Crippen molar-refractivity contribution in [1.29, 1.82) is 0 Å². The lowest BCUT2D eigenvalue weighted by molar-refractivity contribution is -0.384. The SMILES string of the molecule is CCCCOCCCNCc1c(Br)ccc(OC)c1OCc1ccc([N+](=O)[O-])cc1. The molecule has 2 aromatic carbocycles. The molecule has 8 heteroatoms. The van der Waals surface area contributed by atoms with Crippen LogP contribution in [0.4, 0.5) is 5.69 Å².